The van der Waals surface area contributed by atoms with Gasteiger partial charge in [0.15, 0.2) is 0 Å². The SMILES string of the molecule is CCc1cccc(C)c1NC(=O)c1ccc2[nH]ncc2c1. The van der Waals surface area contributed by atoms with Crippen molar-refractivity contribution >= 4 is 22.5 Å². The first-order chi connectivity index (χ1) is 10.2. The van der Waals surface area contributed by atoms with Crippen LogP contribution in [0.15, 0.2) is 42.6 Å². The lowest BCUT2D eigenvalue weighted by Crippen LogP contribution is -2.14. The van der Waals surface area contributed by atoms with E-state index in [1.807, 2.05) is 37.3 Å². The van der Waals surface area contributed by atoms with Crippen LogP contribution >= 0.6 is 0 Å². The molecule has 106 valence electrons. The summed E-state index contributed by atoms with van der Waals surface area (Å²) in [5.41, 5.74) is 4.70. The number of nitrogens with zero attached hydrogens (tertiary/aromatic N) is 1. The van der Waals surface area contributed by atoms with Crippen LogP contribution in [0.1, 0.15) is 28.4 Å². The lowest BCUT2D eigenvalue weighted by Gasteiger charge is -2.13. The number of carbonyl (C=O) groups is 1. The topological polar surface area (TPSA) is 57.8 Å². The Balaban J connectivity index is 1.92. The highest BCUT2D eigenvalue weighted by Gasteiger charge is 2.11. The molecule has 3 rings (SSSR count). The summed E-state index contributed by atoms with van der Waals surface area (Å²) >= 11 is 0. The van der Waals surface area contributed by atoms with Crippen molar-refractivity contribution in [2.45, 2.75) is 20.3 Å². The summed E-state index contributed by atoms with van der Waals surface area (Å²) in [7, 11) is 0. The monoisotopic (exact) mass is 279 g/mol. The number of anilines is 1. The molecule has 0 fully saturated rings. The van der Waals surface area contributed by atoms with Gasteiger partial charge < -0.3 is 5.32 Å². The molecular formula is C17H17N3O. The van der Waals surface area contributed by atoms with E-state index in [0.717, 1.165) is 34.1 Å². The summed E-state index contributed by atoms with van der Waals surface area (Å²) in [5.74, 6) is -0.0953. The third-order valence-electron chi connectivity index (χ3n) is 3.68. The number of hydrogen-bond acceptors (Lipinski definition) is 2. The van der Waals surface area contributed by atoms with Crippen LogP contribution in [0.5, 0.6) is 0 Å². The zero-order chi connectivity index (χ0) is 14.8. The minimum atomic E-state index is -0.0953. The fraction of sp³-hybridized carbons (Fsp3) is 0.176. The van der Waals surface area contributed by atoms with E-state index in [-0.39, 0.29) is 5.91 Å². The van der Waals surface area contributed by atoms with E-state index < -0.39 is 0 Å². The van der Waals surface area contributed by atoms with E-state index in [0.29, 0.717) is 5.56 Å². The molecule has 2 aromatic carbocycles. The van der Waals surface area contributed by atoms with Crippen molar-refractivity contribution < 1.29 is 4.79 Å². The van der Waals surface area contributed by atoms with Crippen LogP contribution < -0.4 is 5.32 Å². The smallest absolute Gasteiger partial charge is 0.255 e. The van der Waals surface area contributed by atoms with E-state index >= 15 is 0 Å². The lowest BCUT2D eigenvalue weighted by molar-refractivity contribution is 0.102. The van der Waals surface area contributed by atoms with Crippen LogP contribution in [-0.4, -0.2) is 16.1 Å². The summed E-state index contributed by atoms with van der Waals surface area (Å²) in [6.07, 6.45) is 2.61. The number of aromatic amines is 1. The molecule has 0 aliphatic carbocycles. The van der Waals surface area contributed by atoms with Crippen LogP contribution in [0.2, 0.25) is 0 Å². The first-order valence-corrected chi connectivity index (χ1v) is 7.02. The molecule has 0 unspecified atom stereocenters. The Morgan fingerprint density at radius 3 is 2.95 bits per heavy atom. The average Bonchev–Trinajstić information content (AvgIpc) is 2.96. The van der Waals surface area contributed by atoms with Gasteiger partial charge in [0.2, 0.25) is 0 Å². The Bertz CT molecular complexity index is 805. The number of benzene rings is 2. The number of aryl methyl sites for hydroxylation is 2. The fourth-order valence-corrected chi connectivity index (χ4v) is 2.47. The van der Waals surface area contributed by atoms with E-state index in [1.165, 1.54) is 0 Å². The zero-order valence-electron chi connectivity index (χ0n) is 12.1. The maximum atomic E-state index is 12.5. The molecule has 0 bridgehead atoms. The van der Waals surface area contributed by atoms with Crippen molar-refractivity contribution in [2.24, 2.45) is 0 Å². The largest absolute Gasteiger partial charge is 0.321 e. The van der Waals surface area contributed by atoms with E-state index in [4.69, 9.17) is 0 Å². The zero-order valence-corrected chi connectivity index (χ0v) is 12.1. The average molecular weight is 279 g/mol. The van der Waals surface area contributed by atoms with Crippen molar-refractivity contribution in [3.05, 3.63) is 59.3 Å². The molecule has 3 aromatic rings. The summed E-state index contributed by atoms with van der Waals surface area (Å²) in [6, 6.07) is 11.6. The maximum absolute atomic E-state index is 12.5. The molecule has 1 heterocycles. The fourth-order valence-electron chi connectivity index (χ4n) is 2.47. The molecule has 0 saturated heterocycles. The highest BCUT2D eigenvalue weighted by molar-refractivity contribution is 6.06. The molecule has 0 aliphatic rings. The molecule has 0 spiro atoms. The molecule has 21 heavy (non-hydrogen) atoms. The van der Waals surface area contributed by atoms with Gasteiger partial charge in [0.05, 0.1) is 11.7 Å². The number of carbonyl (C=O) groups excluding carboxylic acids is 1. The summed E-state index contributed by atoms with van der Waals surface area (Å²) in [6.45, 7) is 4.09. The van der Waals surface area contributed by atoms with Gasteiger partial charge in [-0.3, -0.25) is 9.89 Å². The van der Waals surface area contributed by atoms with E-state index in [1.54, 1.807) is 12.3 Å². The molecule has 0 atom stereocenters. The van der Waals surface area contributed by atoms with Crippen LogP contribution in [0, 0.1) is 6.92 Å². The Morgan fingerprint density at radius 2 is 2.14 bits per heavy atom. The number of para-hydroxylation sites is 1. The van der Waals surface area contributed by atoms with E-state index in [9.17, 15) is 4.79 Å². The van der Waals surface area contributed by atoms with Gasteiger partial charge in [-0.05, 0) is 42.7 Å². The molecule has 4 nitrogen and oxygen atoms in total. The van der Waals surface area contributed by atoms with Crippen LogP contribution in [0.25, 0.3) is 10.9 Å². The van der Waals surface area contributed by atoms with Gasteiger partial charge in [-0.25, -0.2) is 0 Å². The number of hydrogen-bond donors (Lipinski definition) is 2. The van der Waals surface area contributed by atoms with Crippen molar-refractivity contribution in [1.82, 2.24) is 10.2 Å². The third kappa shape index (κ3) is 2.52. The van der Waals surface area contributed by atoms with Crippen molar-refractivity contribution in [3.63, 3.8) is 0 Å². The number of fused-ring (bicyclic) bond motifs is 1. The molecule has 1 amide bonds. The summed E-state index contributed by atoms with van der Waals surface area (Å²) < 4.78 is 0. The Morgan fingerprint density at radius 1 is 1.29 bits per heavy atom. The number of rotatable bonds is 3. The molecule has 1 aromatic heterocycles. The second kappa shape index (κ2) is 5.40. The Kier molecular flexibility index (Phi) is 3.44. The number of H-pyrrole nitrogens is 1. The Labute approximate surface area is 123 Å². The van der Waals surface area contributed by atoms with Gasteiger partial charge in [0.1, 0.15) is 0 Å². The van der Waals surface area contributed by atoms with Crippen LogP contribution in [0.3, 0.4) is 0 Å². The molecule has 0 saturated carbocycles. The quantitative estimate of drug-likeness (QED) is 0.768. The first-order valence-electron chi connectivity index (χ1n) is 7.02. The van der Waals surface area contributed by atoms with Crippen molar-refractivity contribution in [3.8, 4) is 0 Å². The molecule has 0 aliphatic heterocycles. The van der Waals surface area contributed by atoms with Crippen LogP contribution in [-0.2, 0) is 6.42 Å². The first kappa shape index (κ1) is 13.4. The number of nitrogens with one attached hydrogen (secondary N) is 2. The standard InChI is InChI=1S/C17H17N3O/c1-3-12-6-4-5-11(2)16(12)19-17(21)13-7-8-15-14(9-13)10-18-20-15/h4-10H,3H2,1-2H3,(H,18,20)(H,19,21). The van der Waals surface area contributed by atoms with Gasteiger partial charge in [-0.1, -0.05) is 25.1 Å². The Hall–Kier alpha value is -2.62. The van der Waals surface area contributed by atoms with E-state index in [2.05, 4.69) is 22.4 Å². The molecule has 2 N–H and O–H groups in total. The van der Waals surface area contributed by atoms with Gasteiger partial charge >= 0.3 is 0 Å². The molecular weight excluding hydrogens is 262 g/mol. The minimum absolute atomic E-state index is 0.0953. The lowest BCUT2D eigenvalue weighted by atomic mass is 10.1. The highest BCUT2D eigenvalue weighted by Crippen LogP contribution is 2.22. The summed E-state index contributed by atoms with van der Waals surface area (Å²) in [5, 5.41) is 10.8. The van der Waals surface area contributed by atoms with Gasteiger partial charge in [-0.2, -0.15) is 5.10 Å². The molecule has 0 radical (unpaired) electrons. The predicted octanol–water partition coefficient (Wildman–Crippen LogP) is 3.69. The predicted molar refractivity (Wildman–Crippen MR) is 84.6 cm³/mol. The van der Waals surface area contributed by atoms with Crippen LogP contribution in [0.4, 0.5) is 5.69 Å². The van der Waals surface area contributed by atoms with Crippen molar-refractivity contribution in [1.29, 1.82) is 0 Å². The minimum Gasteiger partial charge on any atom is -0.321 e. The molecule has 4 heteroatoms. The van der Waals surface area contributed by atoms with Gasteiger partial charge in [0, 0.05) is 16.6 Å². The second-order valence-electron chi connectivity index (χ2n) is 5.09. The normalized spacial score (nSPS) is 10.8. The third-order valence-corrected chi connectivity index (χ3v) is 3.68. The summed E-state index contributed by atoms with van der Waals surface area (Å²) in [4.78, 5) is 12.5. The number of amides is 1. The maximum Gasteiger partial charge on any atom is 0.255 e. The highest BCUT2D eigenvalue weighted by atomic mass is 16.1. The van der Waals surface area contributed by atoms with Gasteiger partial charge in [0.25, 0.3) is 5.91 Å². The number of aromatic nitrogens is 2. The van der Waals surface area contributed by atoms with Crippen molar-refractivity contribution in [2.75, 3.05) is 5.32 Å². The van der Waals surface area contributed by atoms with Gasteiger partial charge in [-0.15, -0.1) is 0 Å². The second-order valence-corrected chi connectivity index (χ2v) is 5.09.